The number of alkyl carbamates (subject to hydrolysis) is 1. The van der Waals surface area contributed by atoms with Crippen LogP contribution in [0.1, 0.15) is 20.8 Å². The minimum Gasteiger partial charge on any atom is -0.442 e. The maximum atomic E-state index is 11.1. The molecular formula is C8H18N2O3. The van der Waals surface area contributed by atoms with Gasteiger partial charge in [-0.1, -0.05) is 0 Å². The van der Waals surface area contributed by atoms with Crippen molar-refractivity contribution >= 4 is 6.09 Å². The number of rotatable bonds is 3. The van der Waals surface area contributed by atoms with Crippen molar-refractivity contribution in [1.29, 1.82) is 0 Å². The minimum atomic E-state index is -0.623. The second-order valence-electron chi connectivity index (χ2n) is 3.82. The van der Waals surface area contributed by atoms with Crippen molar-refractivity contribution in [3.63, 3.8) is 0 Å². The van der Waals surface area contributed by atoms with Crippen LogP contribution in [0.5, 0.6) is 0 Å². The standard InChI is InChI=1S/C8H18N2O3/c1-8(2,3)10-7(12)13-6(4-9)5-11/h6,11H,4-5,9H2,1-3H3,(H,10,12)/t6-/m1/s1. The first kappa shape index (κ1) is 12.2. The highest BCUT2D eigenvalue weighted by Crippen LogP contribution is 2.00. The molecule has 1 amide bonds. The second-order valence-corrected chi connectivity index (χ2v) is 3.82. The maximum absolute atomic E-state index is 11.1. The second kappa shape index (κ2) is 5.04. The quantitative estimate of drug-likeness (QED) is 0.577. The van der Waals surface area contributed by atoms with Crippen LogP contribution in [-0.2, 0) is 4.74 Å². The van der Waals surface area contributed by atoms with E-state index in [4.69, 9.17) is 15.6 Å². The number of hydrogen-bond donors (Lipinski definition) is 3. The molecule has 0 aromatic heterocycles. The van der Waals surface area contributed by atoms with E-state index in [2.05, 4.69) is 5.32 Å². The average Bonchev–Trinajstić information content (AvgIpc) is 1.96. The monoisotopic (exact) mass is 190 g/mol. The van der Waals surface area contributed by atoms with Gasteiger partial charge in [0.25, 0.3) is 0 Å². The van der Waals surface area contributed by atoms with E-state index < -0.39 is 12.2 Å². The number of nitrogens with two attached hydrogens (primary N) is 1. The molecule has 4 N–H and O–H groups in total. The van der Waals surface area contributed by atoms with E-state index in [1.165, 1.54) is 0 Å². The van der Waals surface area contributed by atoms with E-state index in [9.17, 15) is 4.79 Å². The van der Waals surface area contributed by atoms with Gasteiger partial charge in [-0.2, -0.15) is 0 Å². The number of nitrogens with one attached hydrogen (secondary N) is 1. The van der Waals surface area contributed by atoms with Crippen LogP contribution in [0.2, 0.25) is 0 Å². The zero-order valence-electron chi connectivity index (χ0n) is 8.33. The third kappa shape index (κ3) is 6.36. The summed E-state index contributed by atoms with van der Waals surface area (Å²) in [5.41, 5.74) is 4.89. The van der Waals surface area contributed by atoms with Crippen molar-refractivity contribution in [1.82, 2.24) is 5.32 Å². The summed E-state index contributed by atoms with van der Waals surface area (Å²) in [6.07, 6.45) is -1.18. The fraction of sp³-hybridized carbons (Fsp3) is 0.875. The molecule has 0 aromatic carbocycles. The SMILES string of the molecule is CC(C)(C)NC(=O)O[C@H](CN)CO. The van der Waals surface area contributed by atoms with Gasteiger partial charge in [-0.3, -0.25) is 0 Å². The lowest BCUT2D eigenvalue weighted by Crippen LogP contribution is -2.44. The Labute approximate surface area is 78.3 Å². The molecule has 5 heteroatoms. The molecule has 1 atom stereocenters. The summed E-state index contributed by atoms with van der Waals surface area (Å²) >= 11 is 0. The predicted molar refractivity (Wildman–Crippen MR) is 49.3 cm³/mol. The van der Waals surface area contributed by atoms with Gasteiger partial charge in [0, 0.05) is 12.1 Å². The van der Waals surface area contributed by atoms with Gasteiger partial charge in [-0.25, -0.2) is 4.79 Å². The van der Waals surface area contributed by atoms with Gasteiger partial charge in [-0.15, -0.1) is 0 Å². The largest absolute Gasteiger partial charge is 0.442 e. The van der Waals surface area contributed by atoms with Crippen LogP contribution in [0.4, 0.5) is 4.79 Å². The molecule has 5 nitrogen and oxygen atoms in total. The molecule has 0 unspecified atom stereocenters. The van der Waals surface area contributed by atoms with Crippen LogP contribution in [0.3, 0.4) is 0 Å². The molecule has 0 aliphatic carbocycles. The van der Waals surface area contributed by atoms with Crippen LogP contribution in [0.25, 0.3) is 0 Å². The van der Waals surface area contributed by atoms with Crippen LogP contribution >= 0.6 is 0 Å². The molecule has 0 aliphatic rings. The van der Waals surface area contributed by atoms with E-state index in [-0.39, 0.29) is 18.7 Å². The first-order chi connectivity index (χ1) is 5.89. The summed E-state index contributed by atoms with van der Waals surface area (Å²) in [5.74, 6) is 0. The number of carbonyl (C=O) groups excluding carboxylic acids is 1. The fourth-order valence-corrected chi connectivity index (χ4v) is 0.647. The summed E-state index contributed by atoms with van der Waals surface area (Å²) in [5, 5.41) is 11.3. The van der Waals surface area contributed by atoms with Crippen molar-refractivity contribution < 1.29 is 14.6 Å². The molecule has 0 aliphatic heterocycles. The molecule has 0 spiro atoms. The minimum absolute atomic E-state index is 0.119. The Kier molecular flexibility index (Phi) is 4.72. The number of amides is 1. The summed E-state index contributed by atoms with van der Waals surface area (Å²) < 4.78 is 4.80. The highest BCUT2D eigenvalue weighted by atomic mass is 16.6. The molecule has 0 heterocycles. The zero-order valence-corrected chi connectivity index (χ0v) is 8.33. The first-order valence-corrected chi connectivity index (χ1v) is 4.18. The Morgan fingerprint density at radius 1 is 1.62 bits per heavy atom. The highest BCUT2D eigenvalue weighted by Gasteiger charge is 2.17. The van der Waals surface area contributed by atoms with Crippen LogP contribution in [0.15, 0.2) is 0 Å². The predicted octanol–water partition coefficient (Wildman–Crippen LogP) is -0.169. The highest BCUT2D eigenvalue weighted by molar-refractivity contribution is 5.68. The summed E-state index contributed by atoms with van der Waals surface area (Å²) in [6, 6.07) is 0. The van der Waals surface area contributed by atoms with Crippen LogP contribution in [-0.4, -0.2) is 36.0 Å². The Morgan fingerprint density at radius 3 is 2.46 bits per heavy atom. The molecule has 0 rings (SSSR count). The Morgan fingerprint density at radius 2 is 2.15 bits per heavy atom. The molecule has 78 valence electrons. The lowest BCUT2D eigenvalue weighted by atomic mass is 10.1. The first-order valence-electron chi connectivity index (χ1n) is 4.18. The van der Waals surface area contributed by atoms with E-state index in [0.29, 0.717) is 0 Å². The third-order valence-electron chi connectivity index (χ3n) is 1.22. The number of ether oxygens (including phenoxy) is 1. The molecule has 0 saturated carbocycles. The molecule has 0 saturated heterocycles. The lowest BCUT2D eigenvalue weighted by molar-refractivity contribution is 0.0582. The third-order valence-corrected chi connectivity index (χ3v) is 1.22. The fourth-order valence-electron chi connectivity index (χ4n) is 0.647. The lowest BCUT2D eigenvalue weighted by Gasteiger charge is -2.22. The van der Waals surface area contributed by atoms with Crippen LogP contribution in [0, 0.1) is 0 Å². The molecule has 0 aromatic rings. The van der Waals surface area contributed by atoms with E-state index in [1.807, 2.05) is 20.8 Å². The van der Waals surface area contributed by atoms with E-state index in [0.717, 1.165) is 0 Å². The molecular weight excluding hydrogens is 172 g/mol. The van der Waals surface area contributed by atoms with Crippen molar-refractivity contribution in [3.8, 4) is 0 Å². The van der Waals surface area contributed by atoms with Crippen molar-refractivity contribution in [2.45, 2.75) is 32.4 Å². The maximum Gasteiger partial charge on any atom is 0.407 e. The summed E-state index contributed by atoms with van der Waals surface area (Å²) in [7, 11) is 0. The van der Waals surface area contributed by atoms with Crippen molar-refractivity contribution in [3.05, 3.63) is 0 Å². The molecule has 0 fully saturated rings. The summed E-state index contributed by atoms with van der Waals surface area (Å²) in [6.45, 7) is 5.38. The summed E-state index contributed by atoms with van der Waals surface area (Å²) in [4.78, 5) is 11.1. The zero-order chi connectivity index (χ0) is 10.5. The van der Waals surface area contributed by atoms with Gasteiger partial charge in [-0.05, 0) is 20.8 Å². The molecule has 0 bridgehead atoms. The van der Waals surface area contributed by atoms with Gasteiger partial charge in [0.1, 0.15) is 6.10 Å². The Bertz CT molecular complexity index is 161. The van der Waals surface area contributed by atoms with Crippen molar-refractivity contribution in [2.24, 2.45) is 5.73 Å². The van der Waals surface area contributed by atoms with E-state index >= 15 is 0 Å². The topological polar surface area (TPSA) is 84.6 Å². The Hall–Kier alpha value is -0.810. The molecule has 13 heavy (non-hydrogen) atoms. The van der Waals surface area contributed by atoms with Crippen LogP contribution < -0.4 is 11.1 Å². The van der Waals surface area contributed by atoms with Gasteiger partial charge in [0.15, 0.2) is 0 Å². The van der Waals surface area contributed by atoms with Gasteiger partial charge in [0.05, 0.1) is 6.61 Å². The van der Waals surface area contributed by atoms with E-state index in [1.54, 1.807) is 0 Å². The molecule has 0 radical (unpaired) electrons. The van der Waals surface area contributed by atoms with Gasteiger partial charge in [0.2, 0.25) is 0 Å². The normalized spacial score (nSPS) is 13.6. The Balaban J connectivity index is 3.86. The van der Waals surface area contributed by atoms with Gasteiger partial charge < -0.3 is 20.9 Å². The number of carbonyl (C=O) groups is 1. The number of aliphatic hydroxyl groups is 1. The van der Waals surface area contributed by atoms with Gasteiger partial charge >= 0.3 is 6.09 Å². The number of hydrogen-bond acceptors (Lipinski definition) is 4. The average molecular weight is 190 g/mol. The smallest absolute Gasteiger partial charge is 0.407 e. The number of aliphatic hydroxyl groups excluding tert-OH is 1. The van der Waals surface area contributed by atoms with Crippen molar-refractivity contribution in [2.75, 3.05) is 13.2 Å².